The maximum atomic E-state index is 5.17. The molecule has 4 heteroatoms. The molecule has 9 aromatic carbocycles. The molecule has 0 aliphatic heterocycles. The Labute approximate surface area is 378 Å². The van der Waals surface area contributed by atoms with Gasteiger partial charge in [0.1, 0.15) is 0 Å². The number of fused-ring (bicyclic) bond motifs is 6. The van der Waals surface area contributed by atoms with E-state index in [1.807, 2.05) is 0 Å². The van der Waals surface area contributed by atoms with Crippen molar-refractivity contribution in [2.24, 2.45) is 0 Å². The van der Waals surface area contributed by atoms with Crippen LogP contribution < -0.4 is 0 Å². The number of hydrogen-bond donors (Lipinski definition) is 0. The van der Waals surface area contributed by atoms with E-state index in [0.717, 1.165) is 50.8 Å². The monoisotopic (exact) mass is 832 g/mol. The average molecular weight is 833 g/mol. The maximum Gasteiger partial charge on any atom is 0.160 e. The number of benzene rings is 9. The van der Waals surface area contributed by atoms with E-state index in [9.17, 15) is 0 Å². The molecule has 0 aliphatic rings. The van der Waals surface area contributed by atoms with Crippen LogP contribution in [-0.4, -0.2) is 19.1 Å². The molecule has 3 heterocycles. The van der Waals surface area contributed by atoms with E-state index in [0.29, 0.717) is 0 Å². The van der Waals surface area contributed by atoms with Crippen molar-refractivity contribution in [1.82, 2.24) is 19.1 Å². The van der Waals surface area contributed by atoms with E-state index in [-0.39, 0.29) is 0 Å². The number of rotatable bonds is 7. The lowest BCUT2D eigenvalue weighted by Gasteiger charge is -2.14. The minimum atomic E-state index is 0.742. The van der Waals surface area contributed by atoms with E-state index in [2.05, 4.69) is 242 Å². The first kappa shape index (κ1) is 38.3. The van der Waals surface area contributed by atoms with E-state index in [1.54, 1.807) is 0 Å². The Hall–Kier alpha value is -8.34. The van der Waals surface area contributed by atoms with E-state index < -0.39 is 0 Å². The van der Waals surface area contributed by atoms with Gasteiger partial charge in [0.25, 0.3) is 0 Å². The molecule has 0 fully saturated rings. The molecule has 0 amide bonds. The second-order valence-electron chi connectivity index (χ2n) is 17.2. The Balaban J connectivity index is 0.850. The molecule has 0 atom stereocenters. The molecule has 0 spiro atoms. The predicted molar refractivity (Wildman–Crippen MR) is 272 cm³/mol. The van der Waals surface area contributed by atoms with Crippen molar-refractivity contribution in [3.8, 4) is 67.5 Å². The SMILES string of the molecule is Cc1ccccc1-c1cc(-c2ccc(-c3ccc(-c4ccc(-n5c6ccccc6c6cc(-n7c8ccccc8c8ccccc87)ccc65)cc4)cc3)cc2C)nc(-c2ccccc2C)n1. The van der Waals surface area contributed by atoms with Crippen LogP contribution in [-0.2, 0) is 0 Å². The molecular formula is C61H44N4. The minimum absolute atomic E-state index is 0.742. The van der Waals surface area contributed by atoms with Crippen LogP contribution in [0.2, 0.25) is 0 Å². The van der Waals surface area contributed by atoms with Crippen LogP contribution in [0.1, 0.15) is 16.7 Å². The summed E-state index contributed by atoms with van der Waals surface area (Å²) < 4.78 is 4.80. The van der Waals surface area contributed by atoms with Gasteiger partial charge in [-0.15, -0.1) is 0 Å². The summed E-state index contributed by atoms with van der Waals surface area (Å²) in [5, 5.41) is 5.01. The normalized spacial score (nSPS) is 11.6. The second-order valence-corrected chi connectivity index (χ2v) is 17.2. The first-order valence-corrected chi connectivity index (χ1v) is 22.3. The molecule has 0 bridgehead atoms. The van der Waals surface area contributed by atoms with Crippen LogP contribution in [0, 0.1) is 20.8 Å². The summed E-state index contributed by atoms with van der Waals surface area (Å²) in [6.07, 6.45) is 0. The van der Waals surface area contributed by atoms with E-state index >= 15 is 0 Å². The smallest absolute Gasteiger partial charge is 0.160 e. The van der Waals surface area contributed by atoms with E-state index in [4.69, 9.17) is 9.97 Å². The first-order valence-electron chi connectivity index (χ1n) is 22.3. The topological polar surface area (TPSA) is 35.6 Å². The molecule has 65 heavy (non-hydrogen) atoms. The summed E-state index contributed by atoms with van der Waals surface area (Å²) >= 11 is 0. The highest BCUT2D eigenvalue weighted by Crippen LogP contribution is 2.38. The Kier molecular flexibility index (Phi) is 9.13. The highest BCUT2D eigenvalue weighted by molar-refractivity contribution is 6.12. The summed E-state index contributed by atoms with van der Waals surface area (Å²) in [4.78, 5) is 10.3. The standard InChI is InChI=1S/C61H44N4/c1-39-14-4-6-16-48(39)55-38-56(63-61(62-55)50-17-7-5-15-40(50)2)49-34-30-45(36-41(49)3)44-26-24-42(25-27-44)43-28-31-46(32-29-43)64-59-23-13-10-20-53(59)54-37-47(33-35-60(54)64)65-57-21-11-8-18-51(57)52-19-9-12-22-58(52)65/h4-38H,1-3H3. The van der Waals surface area contributed by atoms with Gasteiger partial charge in [0.05, 0.1) is 33.5 Å². The van der Waals surface area contributed by atoms with Crippen molar-refractivity contribution in [1.29, 1.82) is 0 Å². The fraction of sp³-hybridized carbons (Fsp3) is 0.0492. The van der Waals surface area contributed by atoms with Gasteiger partial charge in [0.15, 0.2) is 5.82 Å². The fourth-order valence-electron chi connectivity index (χ4n) is 9.90. The van der Waals surface area contributed by atoms with Crippen LogP contribution in [0.15, 0.2) is 212 Å². The third-order valence-electron chi connectivity index (χ3n) is 13.2. The molecule has 0 aliphatic carbocycles. The molecule has 0 radical (unpaired) electrons. The zero-order valence-electron chi connectivity index (χ0n) is 36.5. The van der Waals surface area contributed by atoms with Gasteiger partial charge >= 0.3 is 0 Å². The quantitative estimate of drug-likeness (QED) is 0.160. The molecule has 0 N–H and O–H groups in total. The number of nitrogens with zero attached hydrogens (tertiary/aromatic N) is 4. The molecule has 0 saturated carbocycles. The van der Waals surface area contributed by atoms with Crippen LogP contribution >= 0.6 is 0 Å². The third-order valence-corrected chi connectivity index (χ3v) is 13.2. The second kappa shape index (κ2) is 15.5. The van der Waals surface area contributed by atoms with Gasteiger partial charge in [-0.25, -0.2) is 9.97 Å². The van der Waals surface area contributed by atoms with Gasteiger partial charge < -0.3 is 9.13 Å². The number of aryl methyl sites for hydroxylation is 3. The summed E-state index contributed by atoms with van der Waals surface area (Å²) in [5.74, 6) is 0.742. The van der Waals surface area contributed by atoms with Gasteiger partial charge in [-0.05, 0) is 114 Å². The van der Waals surface area contributed by atoms with Crippen molar-refractivity contribution in [3.63, 3.8) is 0 Å². The number of hydrogen-bond acceptors (Lipinski definition) is 2. The molecule has 308 valence electrons. The lowest BCUT2D eigenvalue weighted by atomic mass is 9.95. The van der Waals surface area contributed by atoms with Crippen LogP contribution in [0.25, 0.3) is 111 Å². The average Bonchev–Trinajstić information content (AvgIpc) is 3.87. The minimum Gasteiger partial charge on any atom is -0.309 e. The lowest BCUT2D eigenvalue weighted by Crippen LogP contribution is -1.99. The maximum absolute atomic E-state index is 5.17. The fourth-order valence-corrected chi connectivity index (χ4v) is 9.90. The largest absolute Gasteiger partial charge is 0.309 e. The summed E-state index contributed by atoms with van der Waals surface area (Å²) in [5.41, 5.74) is 20.4. The van der Waals surface area contributed by atoms with Gasteiger partial charge in [-0.3, -0.25) is 0 Å². The predicted octanol–water partition coefficient (Wildman–Crippen LogP) is 15.9. The van der Waals surface area contributed by atoms with Crippen molar-refractivity contribution >= 4 is 43.6 Å². The van der Waals surface area contributed by atoms with Gasteiger partial charge in [-0.2, -0.15) is 0 Å². The molecular weight excluding hydrogens is 789 g/mol. The highest BCUT2D eigenvalue weighted by atomic mass is 15.0. The molecule has 12 aromatic rings. The first-order chi connectivity index (χ1) is 32.0. The van der Waals surface area contributed by atoms with Crippen LogP contribution in [0.4, 0.5) is 0 Å². The Morgan fingerprint density at radius 3 is 1.28 bits per heavy atom. The molecule has 4 nitrogen and oxygen atoms in total. The number of aromatic nitrogens is 4. The lowest BCUT2D eigenvalue weighted by molar-refractivity contribution is 1.17. The van der Waals surface area contributed by atoms with Gasteiger partial charge in [-0.1, -0.05) is 158 Å². The van der Waals surface area contributed by atoms with Crippen LogP contribution in [0.3, 0.4) is 0 Å². The van der Waals surface area contributed by atoms with Crippen molar-refractivity contribution in [2.45, 2.75) is 20.8 Å². The zero-order chi connectivity index (χ0) is 43.6. The van der Waals surface area contributed by atoms with E-state index in [1.165, 1.54) is 77.0 Å². The van der Waals surface area contributed by atoms with Crippen molar-refractivity contribution in [2.75, 3.05) is 0 Å². The highest BCUT2D eigenvalue weighted by Gasteiger charge is 2.18. The van der Waals surface area contributed by atoms with Crippen LogP contribution in [0.5, 0.6) is 0 Å². The zero-order valence-corrected chi connectivity index (χ0v) is 36.5. The number of para-hydroxylation sites is 3. The Morgan fingerprint density at radius 2 is 0.708 bits per heavy atom. The molecule has 12 rings (SSSR count). The third kappa shape index (κ3) is 6.53. The molecule has 0 saturated heterocycles. The molecule has 3 aromatic heterocycles. The Bertz CT molecular complexity index is 3680. The Morgan fingerprint density at radius 1 is 0.292 bits per heavy atom. The summed E-state index contributed by atoms with van der Waals surface area (Å²) in [7, 11) is 0. The van der Waals surface area contributed by atoms with Crippen molar-refractivity contribution in [3.05, 3.63) is 229 Å². The van der Waals surface area contributed by atoms with Gasteiger partial charge in [0.2, 0.25) is 0 Å². The van der Waals surface area contributed by atoms with Gasteiger partial charge in [0, 0.05) is 49.6 Å². The summed E-state index contributed by atoms with van der Waals surface area (Å²) in [6.45, 7) is 6.44. The van der Waals surface area contributed by atoms with Crippen molar-refractivity contribution < 1.29 is 0 Å². The molecule has 0 unspecified atom stereocenters. The summed E-state index contributed by atoms with van der Waals surface area (Å²) in [6, 6.07) is 76.6.